The summed E-state index contributed by atoms with van der Waals surface area (Å²) in [5.74, 6) is 0. The molecule has 0 aliphatic carbocycles. The molecule has 0 aromatic carbocycles. The van der Waals surface area contributed by atoms with Crippen molar-refractivity contribution in [1.29, 1.82) is 5.26 Å². The summed E-state index contributed by atoms with van der Waals surface area (Å²) in [5.41, 5.74) is 2.00. The van der Waals surface area contributed by atoms with E-state index in [1.54, 1.807) is 0 Å². The highest BCUT2D eigenvalue weighted by Gasteiger charge is 1.96. The average Bonchev–Trinajstić information content (AvgIpc) is 2.35. The largest absolute Gasteiger partial charge is 0.193 e. The number of hydrogen-bond donors (Lipinski definition) is 0. The van der Waals surface area contributed by atoms with Gasteiger partial charge in [0.05, 0.1) is 6.07 Å². The van der Waals surface area contributed by atoms with Crippen LogP contribution in [0, 0.1) is 11.3 Å². The maximum Gasteiger partial charge on any atom is 0.0947 e. The van der Waals surface area contributed by atoms with E-state index in [2.05, 4.69) is 25.1 Å². The van der Waals surface area contributed by atoms with E-state index < -0.39 is 0 Å². The van der Waals surface area contributed by atoms with E-state index >= 15 is 0 Å². The van der Waals surface area contributed by atoms with Crippen molar-refractivity contribution in [3.05, 3.63) is 59.8 Å². The van der Waals surface area contributed by atoms with Gasteiger partial charge in [-0.05, 0) is 25.8 Å². The van der Waals surface area contributed by atoms with Crippen LogP contribution in [0.5, 0.6) is 0 Å². The molecule has 0 heterocycles. The van der Waals surface area contributed by atoms with Crippen LogP contribution in [0.2, 0.25) is 0 Å². The molecule has 0 bridgehead atoms. The van der Waals surface area contributed by atoms with Gasteiger partial charge in [-0.1, -0.05) is 55.5 Å². The Morgan fingerprint density at radius 3 is 2.35 bits per heavy atom. The number of nitrogens with zero attached hydrogens (tertiary/aromatic N) is 1. The lowest BCUT2D eigenvalue weighted by Gasteiger charge is -1.99. The summed E-state index contributed by atoms with van der Waals surface area (Å²) in [6.07, 6.45) is 17.7. The zero-order valence-electron chi connectivity index (χ0n) is 11.0. The van der Waals surface area contributed by atoms with Crippen molar-refractivity contribution in [3.63, 3.8) is 0 Å². The molecular weight excluding hydrogens is 206 g/mol. The second-order valence-electron chi connectivity index (χ2n) is 3.56. The molecule has 0 fully saturated rings. The molecule has 0 aromatic rings. The molecule has 17 heavy (non-hydrogen) atoms. The van der Waals surface area contributed by atoms with Crippen molar-refractivity contribution in [2.45, 2.75) is 33.6 Å². The highest BCUT2D eigenvalue weighted by Crippen LogP contribution is 2.12. The molecule has 0 spiro atoms. The van der Waals surface area contributed by atoms with Gasteiger partial charge in [-0.15, -0.1) is 0 Å². The molecule has 0 rings (SSSR count). The molecule has 0 atom stereocenters. The van der Waals surface area contributed by atoms with E-state index in [9.17, 15) is 0 Å². The average molecular weight is 227 g/mol. The Morgan fingerprint density at radius 1 is 1.12 bits per heavy atom. The summed E-state index contributed by atoms with van der Waals surface area (Å²) in [7, 11) is 0. The quantitative estimate of drug-likeness (QED) is 0.469. The highest BCUT2D eigenvalue weighted by atomic mass is 14.2. The Kier molecular flexibility index (Phi) is 9.56. The van der Waals surface area contributed by atoms with Crippen molar-refractivity contribution in [2.75, 3.05) is 0 Å². The molecule has 90 valence electrons. The normalized spacial score (nSPS) is 14.0. The molecule has 0 amide bonds. The molecule has 0 unspecified atom stereocenters. The Bertz CT molecular complexity index is 384. The van der Waals surface area contributed by atoms with Gasteiger partial charge in [0, 0.05) is 12.0 Å². The predicted molar refractivity (Wildman–Crippen MR) is 75.5 cm³/mol. The number of hydrogen-bond acceptors (Lipinski definition) is 1. The minimum absolute atomic E-state index is 0.717. The minimum atomic E-state index is 0.717. The maximum absolute atomic E-state index is 8.89. The van der Waals surface area contributed by atoms with Crippen molar-refractivity contribution >= 4 is 0 Å². The first-order valence-electron chi connectivity index (χ1n) is 5.98. The van der Waals surface area contributed by atoms with Crippen LogP contribution >= 0.6 is 0 Å². The lowest BCUT2D eigenvalue weighted by molar-refractivity contribution is 1.13. The fraction of sp³-hybridized carbons (Fsp3) is 0.312. The number of rotatable bonds is 6. The van der Waals surface area contributed by atoms with Crippen LogP contribution in [0.1, 0.15) is 33.6 Å². The third-order valence-corrected chi connectivity index (χ3v) is 2.19. The summed E-state index contributed by atoms with van der Waals surface area (Å²) in [4.78, 5) is 0. The maximum atomic E-state index is 8.89. The van der Waals surface area contributed by atoms with E-state index in [1.807, 2.05) is 50.3 Å². The molecule has 0 aliphatic heterocycles. The fourth-order valence-electron chi connectivity index (χ4n) is 1.31. The van der Waals surface area contributed by atoms with Gasteiger partial charge in [0.1, 0.15) is 0 Å². The van der Waals surface area contributed by atoms with Crippen LogP contribution in [0.3, 0.4) is 0 Å². The molecule has 0 aromatic heterocycles. The Hall–Kier alpha value is -1.81. The minimum Gasteiger partial charge on any atom is -0.193 e. The van der Waals surface area contributed by atoms with Crippen LogP contribution < -0.4 is 0 Å². The molecule has 0 saturated carbocycles. The number of allylic oxidation sites excluding steroid dienone is 10. The van der Waals surface area contributed by atoms with E-state index in [0.717, 1.165) is 18.4 Å². The Labute approximate surface area is 105 Å². The van der Waals surface area contributed by atoms with E-state index in [-0.39, 0.29) is 0 Å². The van der Waals surface area contributed by atoms with Gasteiger partial charge in [-0.3, -0.25) is 0 Å². The highest BCUT2D eigenvalue weighted by molar-refractivity contribution is 5.33. The van der Waals surface area contributed by atoms with Crippen LogP contribution in [-0.2, 0) is 0 Å². The molecule has 1 heteroatoms. The van der Waals surface area contributed by atoms with Crippen molar-refractivity contribution < 1.29 is 0 Å². The Morgan fingerprint density at radius 2 is 1.82 bits per heavy atom. The first-order chi connectivity index (χ1) is 8.28. The standard InChI is InChI=1S/C16H21N/c1-4-7-8-9-10-12-16(11-5-2)13-15(6-3)14-17/h4,6-12H,5,13H2,1-3H3/b7-4-,9-8-,12-10+,15-6+,16-11-. The molecule has 0 saturated heterocycles. The number of nitriles is 1. The summed E-state index contributed by atoms with van der Waals surface area (Å²) in [6, 6.07) is 2.21. The predicted octanol–water partition coefficient (Wildman–Crippen LogP) is 4.87. The van der Waals surface area contributed by atoms with Crippen LogP contribution in [0.15, 0.2) is 59.8 Å². The SMILES string of the molecule is C\C=C/C=C\C=C\C(=C\CC)C/C(C#N)=C\C. The van der Waals surface area contributed by atoms with E-state index in [4.69, 9.17) is 5.26 Å². The van der Waals surface area contributed by atoms with E-state index in [1.165, 1.54) is 5.57 Å². The second kappa shape index (κ2) is 10.7. The van der Waals surface area contributed by atoms with Crippen molar-refractivity contribution in [3.8, 4) is 6.07 Å². The van der Waals surface area contributed by atoms with Gasteiger partial charge >= 0.3 is 0 Å². The van der Waals surface area contributed by atoms with Crippen LogP contribution in [0.4, 0.5) is 0 Å². The van der Waals surface area contributed by atoms with Gasteiger partial charge in [0.25, 0.3) is 0 Å². The summed E-state index contributed by atoms with van der Waals surface area (Å²) in [5, 5.41) is 8.89. The topological polar surface area (TPSA) is 23.8 Å². The second-order valence-corrected chi connectivity index (χ2v) is 3.56. The summed E-state index contributed by atoms with van der Waals surface area (Å²) in [6.45, 7) is 5.99. The summed E-state index contributed by atoms with van der Waals surface area (Å²) >= 11 is 0. The zero-order chi connectivity index (χ0) is 12.9. The summed E-state index contributed by atoms with van der Waals surface area (Å²) < 4.78 is 0. The molecular formula is C16H21N. The van der Waals surface area contributed by atoms with Crippen molar-refractivity contribution in [1.82, 2.24) is 0 Å². The van der Waals surface area contributed by atoms with Gasteiger partial charge in [0.2, 0.25) is 0 Å². The van der Waals surface area contributed by atoms with Gasteiger partial charge < -0.3 is 0 Å². The third kappa shape index (κ3) is 8.04. The Balaban J connectivity index is 4.57. The van der Waals surface area contributed by atoms with Crippen LogP contribution in [0.25, 0.3) is 0 Å². The lowest BCUT2D eigenvalue weighted by atomic mass is 10.0. The van der Waals surface area contributed by atoms with Crippen LogP contribution in [-0.4, -0.2) is 0 Å². The first-order valence-corrected chi connectivity index (χ1v) is 5.98. The molecule has 1 nitrogen and oxygen atoms in total. The monoisotopic (exact) mass is 227 g/mol. The van der Waals surface area contributed by atoms with E-state index in [0.29, 0.717) is 0 Å². The fourth-order valence-corrected chi connectivity index (χ4v) is 1.31. The zero-order valence-corrected chi connectivity index (χ0v) is 11.0. The van der Waals surface area contributed by atoms with Gasteiger partial charge in [-0.25, -0.2) is 0 Å². The molecule has 0 radical (unpaired) electrons. The molecule has 0 N–H and O–H groups in total. The van der Waals surface area contributed by atoms with Gasteiger partial charge in [0.15, 0.2) is 0 Å². The van der Waals surface area contributed by atoms with Gasteiger partial charge in [-0.2, -0.15) is 5.26 Å². The first kappa shape index (κ1) is 15.2. The third-order valence-electron chi connectivity index (χ3n) is 2.19. The smallest absolute Gasteiger partial charge is 0.0947 e. The van der Waals surface area contributed by atoms with Crippen molar-refractivity contribution in [2.24, 2.45) is 0 Å². The lowest BCUT2D eigenvalue weighted by Crippen LogP contribution is -1.83. The molecule has 0 aliphatic rings.